The van der Waals surface area contributed by atoms with Crippen LogP contribution in [0.4, 0.5) is 4.39 Å². The van der Waals surface area contributed by atoms with E-state index in [2.05, 4.69) is 5.16 Å². The number of benzene rings is 1. The van der Waals surface area contributed by atoms with Gasteiger partial charge in [0.25, 0.3) is 5.91 Å². The fraction of sp³-hybridized carbons (Fsp3) is 0.450. The van der Waals surface area contributed by atoms with Gasteiger partial charge < -0.3 is 18.9 Å². The van der Waals surface area contributed by atoms with E-state index in [9.17, 15) is 14.0 Å². The summed E-state index contributed by atoms with van der Waals surface area (Å²) >= 11 is 0. The van der Waals surface area contributed by atoms with Crippen molar-refractivity contribution < 1.29 is 28.0 Å². The summed E-state index contributed by atoms with van der Waals surface area (Å²) in [7, 11) is 0. The Balaban J connectivity index is 1.65. The van der Waals surface area contributed by atoms with Gasteiger partial charge in [0.15, 0.2) is 17.3 Å². The van der Waals surface area contributed by atoms with E-state index >= 15 is 0 Å². The van der Waals surface area contributed by atoms with Crippen molar-refractivity contribution >= 4 is 11.9 Å². The van der Waals surface area contributed by atoms with Crippen molar-refractivity contribution in [2.75, 3.05) is 19.7 Å². The van der Waals surface area contributed by atoms with Crippen LogP contribution in [0, 0.1) is 18.7 Å². The number of para-hydroxylation sites is 1. The summed E-state index contributed by atoms with van der Waals surface area (Å²) in [6, 6.07) is 6.05. The number of halogens is 1. The molecule has 1 saturated heterocycles. The highest BCUT2D eigenvalue weighted by molar-refractivity contribution is 5.94. The Bertz CT molecular complexity index is 843. The number of nitrogens with zero attached hydrogens (tertiary/aromatic N) is 2. The monoisotopic (exact) mass is 390 g/mol. The molecule has 7 nitrogen and oxygen atoms in total. The standard InChI is InChI=1S/C20H23FN2O5/c1-3-26-20(25)14-8-10-23(11-9-14)19(24)18-15(13(2)28-22-18)12-27-17-7-5-4-6-16(17)21/h4-7,14H,3,8-12H2,1-2H3. The highest BCUT2D eigenvalue weighted by Gasteiger charge is 2.31. The third kappa shape index (κ3) is 4.32. The van der Waals surface area contributed by atoms with E-state index < -0.39 is 5.82 Å². The van der Waals surface area contributed by atoms with Gasteiger partial charge >= 0.3 is 5.97 Å². The number of amides is 1. The summed E-state index contributed by atoms with van der Waals surface area (Å²) in [6.07, 6.45) is 1.09. The molecule has 3 rings (SSSR count). The number of likely N-dealkylation sites (tertiary alicyclic amines) is 1. The van der Waals surface area contributed by atoms with Gasteiger partial charge in [0.05, 0.1) is 18.1 Å². The third-order valence-corrected chi connectivity index (χ3v) is 4.80. The van der Waals surface area contributed by atoms with Crippen LogP contribution in [0.5, 0.6) is 5.75 Å². The quantitative estimate of drug-likeness (QED) is 0.705. The number of carbonyl (C=O) groups excluding carboxylic acids is 2. The molecule has 1 aromatic heterocycles. The Morgan fingerprint density at radius 1 is 1.29 bits per heavy atom. The fourth-order valence-corrected chi connectivity index (χ4v) is 3.17. The smallest absolute Gasteiger partial charge is 0.309 e. The summed E-state index contributed by atoms with van der Waals surface area (Å²) in [5, 5.41) is 3.88. The Labute approximate surface area is 162 Å². The predicted molar refractivity (Wildman–Crippen MR) is 97.2 cm³/mol. The SMILES string of the molecule is CCOC(=O)C1CCN(C(=O)c2noc(C)c2COc2ccccc2F)CC1. The predicted octanol–water partition coefficient (Wildman–Crippen LogP) is 3.12. The molecule has 1 aromatic carbocycles. The Hall–Kier alpha value is -2.90. The minimum Gasteiger partial charge on any atom is -0.486 e. The maximum atomic E-state index is 13.7. The number of esters is 1. The molecule has 0 unspecified atom stereocenters. The van der Waals surface area contributed by atoms with E-state index in [-0.39, 0.29) is 35.8 Å². The van der Waals surface area contributed by atoms with Gasteiger partial charge in [-0.2, -0.15) is 0 Å². The Morgan fingerprint density at radius 2 is 2.00 bits per heavy atom. The molecule has 0 atom stereocenters. The number of aromatic nitrogens is 1. The second kappa shape index (κ2) is 8.86. The molecule has 1 fully saturated rings. The molecular weight excluding hydrogens is 367 g/mol. The topological polar surface area (TPSA) is 81.9 Å². The lowest BCUT2D eigenvalue weighted by molar-refractivity contribution is -0.149. The van der Waals surface area contributed by atoms with Crippen LogP contribution in [0.1, 0.15) is 41.6 Å². The van der Waals surface area contributed by atoms with Crippen LogP contribution in [0.25, 0.3) is 0 Å². The van der Waals surface area contributed by atoms with E-state index in [1.165, 1.54) is 12.1 Å². The maximum Gasteiger partial charge on any atom is 0.309 e. The zero-order chi connectivity index (χ0) is 20.1. The molecule has 0 spiro atoms. The van der Waals surface area contributed by atoms with Crippen molar-refractivity contribution in [3.05, 3.63) is 47.1 Å². The summed E-state index contributed by atoms with van der Waals surface area (Å²) in [5.74, 6) is -0.632. The third-order valence-electron chi connectivity index (χ3n) is 4.80. The first kappa shape index (κ1) is 19.9. The van der Waals surface area contributed by atoms with E-state index in [0.717, 1.165) is 0 Å². The first-order valence-electron chi connectivity index (χ1n) is 9.29. The molecule has 0 radical (unpaired) electrons. The van der Waals surface area contributed by atoms with Crippen LogP contribution in [-0.4, -0.2) is 41.6 Å². The van der Waals surface area contributed by atoms with E-state index in [1.54, 1.807) is 30.9 Å². The highest BCUT2D eigenvalue weighted by Crippen LogP contribution is 2.24. The second-order valence-corrected chi connectivity index (χ2v) is 6.60. The Morgan fingerprint density at radius 3 is 2.68 bits per heavy atom. The van der Waals surface area contributed by atoms with Gasteiger partial charge in [0.2, 0.25) is 0 Å². The highest BCUT2D eigenvalue weighted by atomic mass is 19.1. The summed E-state index contributed by atoms with van der Waals surface area (Å²) in [6.45, 7) is 4.63. The number of ether oxygens (including phenoxy) is 2. The van der Waals surface area contributed by atoms with Crippen molar-refractivity contribution in [2.45, 2.75) is 33.3 Å². The van der Waals surface area contributed by atoms with Crippen LogP contribution in [0.2, 0.25) is 0 Å². The van der Waals surface area contributed by atoms with Crippen LogP contribution in [0.15, 0.2) is 28.8 Å². The molecule has 0 bridgehead atoms. The molecule has 2 aromatic rings. The van der Waals surface area contributed by atoms with Crippen molar-refractivity contribution in [2.24, 2.45) is 5.92 Å². The summed E-state index contributed by atoms with van der Waals surface area (Å²) < 4.78 is 29.5. The average molecular weight is 390 g/mol. The average Bonchev–Trinajstić information content (AvgIpc) is 3.07. The van der Waals surface area contributed by atoms with Crippen molar-refractivity contribution in [1.29, 1.82) is 0 Å². The zero-order valence-electron chi connectivity index (χ0n) is 15.9. The fourth-order valence-electron chi connectivity index (χ4n) is 3.17. The van der Waals surface area contributed by atoms with Crippen LogP contribution in [-0.2, 0) is 16.1 Å². The molecule has 1 aliphatic rings. The minimum absolute atomic E-state index is 0.0311. The number of piperidine rings is 1. The molecule has 0 N–H and O–H groups in total. The lowest BCUT2D eigenvalue weighted by atomic mass is 9.96. The first-order chi connectivity index (χ1) is 13.5. The van der Waals surface area contributed by atoms with Crippen molar-refractivity contribution in [3.8, 4) is 5.75 Å². The molecule has 8 heteroatoms. The molecule has 2 heterocycles. The minimum atomic E-state index is -0.481. The molecule has 150 valence electrons. The largest absolute Gasteiger partial charge is 0.486 e. The summed E-state index contributed by atoms with van der Waals surface area (Å²) in [4.78, 5) is 26.4. The number of hydrogen-bond donors (Lipinski definition) is 0. The molecule has 1 amide bonds. The molecule has 0 aliphatic carbocycles. The van der Waals surface area contributed by atoms with Gasteiger partial charge in [0, 0.05) is 13.1 Å². The Kier molecular flexibility index (Phi) is 6.28. The number of aryl methyl sites for hydroxylation is 1. The van der Waals surface area contributed by atoms with Crippen LogP contribution in [0.3, 0.4) is 0 Å². The lowest BCUT2D eigenvalue weighted by Gasteiger charge is -2.30. The van der Waals surface area contributed by atoms with E-state index in [1.807, 2.05) is 0 Å². The van der Waals surface area contributed by atoms with Gasteiger partial charge in [0.1, 0.15) is 12.4 Å². The van der Waals surface area contributed by atoms with Gasteiger partial charge in [-0.25, -0.2) is 4.39 Å². The molecular formula is C20H23FN2O5. The van der Waals surface area contributed by atoms with Gasteiger partial charge in [-0.15, -0.1) is 0 Å². The lowest BCUT2D eigenvalue weighted by Crippen LogP contribution is -2.41. The number of rotatable bonds is 6. The van der Waals surface area contributed by atoms with Crippen molar-refractivity contribution in [1.82, 2.24) is 10.1 Å². The van der Waals surface area contributed by atoms with Crippen molar-refractivity contribution in [3.63, 3.8) is 0 Å². The van der Waals surface area contributed by atoms with E-state index in [0.29, 0.717) is 43.9 Å². The van der Waals surface area contributed by atoms with Gasteiger partial charge in [-0.05, 0) is 38.8 Å². The second-order valence-electron chi connectivity index (χ2n) is 6.60. The number of carbonyl (C=O) groups is 2. The molecule has 28 heavy (non-hydrogen) atoms. The van der Waals surface area contributed by atoms with Gasteiger partial charge in [-0.3, -0.25) is 9.59 Å². The van der Waals surface area contributed by atoms with Crippen LogP contribution >= 0.6 is 0 Å². The zero-order valence-corrected chi connectivity index (χ0v) is 15.9. The van der Waals surface area contributed by atoms with E-state index in [4.69, 9.17) is 14.0 Å². The molecule has 0 saturated carbocycles. The molecule has 1 aliphatic heterocycles. The van der Waals surface area contributed by atoms with Crippen LogP contribution < -0.4 is 4.74 Å². The first-order valence-corrected chi connectivity index (χ1v) is 9.29. The normalized spacial score (nSPS) is 14.8. The number of hydrogen-bond acceptors (Lipinski definition) is 6. The summed E-state index contributed by atoms with van der Waals surface area (Å²) in [5.41, 5.74) is 0.643. The maximum absolute atomic E-state index is 13.7. The van der Waals surface area contributed by atoms with Gasteiger partial charge in [-0.1, -0.05) is 17.3 Å².